The van der Waals surface area contributed by atoms with E-state index in [0.29, 0.717) is 11.7 Å². The van der Waals surface area contributed by atoms with Crippen LogP contribution >= 0.6 is 0 Å². The first kappa shape index (κ1) is 17.0. The first-order valence-electron chi connectivity index (χ1n) is 9.17. The van der Waals surface area contributed by atoms with E-state index in [2.05, 4.69) is 26.3 Å². The molecule has 0 aliphatic carbocycles. The highest BCUT2D eigenvalue weighted by atomic mass is 16.3. The minimum absolute atomic E-state index is 0.202. The maximum atomic E-state index is 6.25. The molecule has 1 aliphatic rings. The van der Waals surface area contributed by atoms with Gasteiger partial charge in [-0.1, -0.05) is 18.2 Å². The van der Waals surface area contributed by atoms with E-state index in [0.717, 1.165) is 27.8 Å². The summed E-state index contributed by atoms with van der Waals surface area (Å²) in [4.78, 5) is 14.6. The maximum Gasteiger partial charge on any atom is 0.202 e. The van der Waals surface area contributed by atoms with Gasteiger partial charge in [0, 0.05) is 34.7 Å². The summed E-state index contributed by atoms with van der Waals surface area (Å²) >= 11 is 0. The molecule has 0 bridgehead atoms. The van der Waals surface area contributed by atoms with Crippen molar-refractivity contribution >= 4 is 28.2 Å². The van der Waals surface area contributed by atoms with Gasteiger partial charge < -0.3 is 15.5 Å². The summed E-state index contributed by atoms with van der Waals surface area (Å²) in [7, 11) is 0. The van der Waals surface area contributed by atoms with Crippen LogP contribution in [0, 0.1) is 0 Å². The molecule has 0 fully saturated rings. The molecule has 3 N–H and O–H groups in total. The first-order chi connectivity index (χ1) is 14.3. The fourth-order valence-corrected chi connectivity index (χ4v) is 3.40. The van der Waals surface area contributed by atoms with Crippen molar-refractivity contribution in [2.75, 3.05) is 10.2 Å². The number of nitrogens with two attached hydrogens (primary N) is 1. The molecule has 1 aliphatic heterocycles. The number of fused-ring (bicyclic) bond motifs is 1. The monoisotopic (exact) mass is 382 g/mol. The maximum absolute atomic E-state index is 6.25. The van der Waals surface area contributed by atoms with Gasteiger partial charge in [-0.25, -0.2) is 9.98 Å². The van der Waals surface area contributed by atoms with Crippen molar-refractivity contribution < 1.29 is 4.42 Å². The number of hydrogen-bond acceptors (Lipinski definition) is 7. The summed E-state index contributed by atoms with van der Waals surface area (Å²) in [5.41, 5.74) is 9.98. The molecule has 142 valence electrons. The van der Waals surface area contributed by atoms with E-state index < -0.39 is 0 Å². The minimum Gasteiger partial charge on any atom is -0.444 e. The van der Waals surface area contributed by atoms with Crippen molar-refractivity contribution in [3.8, 4) is 11.3 Å². The molecule has 0 radical (unpaired) electrons. The predicted molar refractivity (Wildman–Crippen MR) is 114 cm³/mol. The van der Waals surface area contributed by atoms with Crippen LogP contribution in [0.1, 0.15) is 0 Å². The minimum atomic E-state index is -0.202. The molecular weight excluding hydrogens is 364 g/mol. The number of nitrogens with zero attached hydrogens (tertiary/aromatic N) is 4. The van der Waals surface area contributed by atoms with Gasteiger partial charge in [-0.3, -0.25) is 9.88 Å². The van der Waals surface area contributed by atoms with Gasteiger partial charge in [0.25, 0.3) is 0 Å². The second kappa shape index (κ2) is 7.12. The van der Waals surface area contributed by atoms with Gasteiger partial charge in [0.15, 0.2) is 12.2 Å². The standard InChI is InChI=1S/C22H18N6O/c23-22-26-10-8-21(27-17-6-7-19-15(11-17)4-2-9-25-19)28(22)18-5-1-3-16(12-18)20-13-24-14-29-20/h1-14,21,27H,(H2,23,26). The van der Waals surface area contributed by atoms with E-state index in [1.165, 1.54) is 6.39 Å². The number of aromatic nitrogens is 2. The highest BCUT2D eigenvalue weighted by molar-refractivity contribution is 5.98. The Morgan fingerprint density at radius 1 is 1.07 bits per heavy atom. The number of anilines is 2. The molecule has 7 nitrogen and oxygen atoms in total. The highest BCUT2D eigenvalue weighted by Crippen LogP contribution is 2.28. The molecule has 29 heavy (non-hydrogen) atoms. The molecule has 3 heterocycles. The lowest BCUT2D eigenvalue weighted by Crippen LogP contribution is -2.49. The quantitative estimate of drug-likeness (QED) is 0.555. The molecule has 2 aromatic heterocycles. The van der Waals surface area contributed by atoms with Gasteiger partial charge in [-0.2, -0.15) is 0 Å². The van der Waals surface area contributed by atoms with E-state index in [9.17, 15) is 0 Å². The number of oxazole rings is 1. The van der Waals surface area contributed by atoms with E-state index in [4.69, 9.17) is 10.2 Å². The largest absolute Gasteiger partial charge is 0.444 e. The fourth-order valence-electron chi connectivity index (χ4n) is 3.40. The molecule has 0 spiro atoms. The third-order valence-electron chi connectivity index (χ3n) is 4.76. The average Bonchev–Trinajstić information content (AvgIpc) is 3.29. The van der Waals surface area contributed by atoms with Crippen molar-refractivity contribution in [2.24, 2.45) is 10.7 Å². The Kier molecular flexibility index (Phi) is 4.18. The second-order valence-corrected chi connectivity index (χ2v) is 6.61. The van der Waals surface area contributed by atoms with E-state index in [1.54, 1.807) is 18.6 Å². The first-order valence-corrected chi connectivity index (χ1v) is 9.17. The smallest absolute Gasteiger partial charge is 0.202 e. The molecule has 1 unspecified atom stereocenters. The van der Waals surface area contributed by atoms with Gasteiger partial charge in [0.1, 0.15) is 6.17 Å². The molecule has 1 atom stereocenters. The Morgan fingerprint density at radius 3 is 2.93 bits per heavy atom. The number of aliphatic imine (C=N–C) groups is 1. The summed E-state index contributed by atoms with van der Waals surface area (Å²) in [6.07, 6.45) is 8.37. The summed E-state index contributed by atoms with van der Waals surface area (Å²) in [6, 6.07) is 18.0. The van der Waals surface area contributed by atoms with Gasteiger partial charge in [0.05, 0.1) is 11.7 Å². The number of rotatable bonds is 4. The second-order valence-electron chi connectivity index (χ2n) is 6.61. The third kappa shape index (κ3) is 3.29. The van der Waals surface area contributed by atoms with Gasteiger partial charge in [-0.15, -0.1) is 0 Å². The fraction of sp³-hybridized carbons (Fsp3) is 0.0455. The molecule has 0 saturated carbocycles. The predicted octanol–water partition coefficient (Wildman–Crippen LogP) is 3.98. The Labute approximate surface area is 167 Å². The van der Waals surface area contributed by atoms with Crippen LogP contribution < -0.4 is 16.0 Å². The van der Waals surface area contributed by atoms with Crippen LogP contribution in [-0.4, -0.2) is 22.1 Å². The molecule has 0 saturated heterocycles. The average molecular weight is 382 g/mol. The summed E-state index contributed by atoms with van der Waals surface area (Å²) in [6.45, 7) is 0. The molecular formula is C22H18N6O. The van der Waals surface area contributed by atoms with Crippen LogP contribution in [0.3, 0.4) is 0 Å². The van der Waals surface area contributed by atoms with Crippen molar-refractivity contribution in [1.29, 1.82) is 0 Å². The van der Waals surface area contributed by atoms with Crippen molar-refractivity contribution in [3.05, 3.63) is 85.7 Å². The zero-order valence-electron chi connectivity index (χ0n) is 15.4. The number of guanidine groups is 1. The van der Waals surface area contributed by atoms with E-state index >= 15 is 0 Å². The Balaban J connectivity index is 1.48. The van der Waals surface area contributed by atoms with Crippen molar-refractivity contribution in [2.45, 2.75) is 6.17 Å². The zero-order chi connectivity index (χ0) is 19.6. The van der Waals surface area contributed by atoms with Crippen LogP contribution in [0.4, 0.5) is 11.4 Å². The zero-order valence-corrected chi connectivity index (χ0v) is 15.4. The van der Waals surface area contributed by atoms with E-state index in [1.807, 2.05) is 59.5 Å². The molecule has 5 rings (SSSR count). The number of nitrogens with one attached hydrogen (secondary N) is 1. The number of hydrogen-bond donors (Lipinski definition) is 2. The number of benzene rings is 2. The summed E-state index contributed by atoms with van der Waals surface area (Å²) < 4.78 is 5.43. The molecule has 7 heteroatoms. The highest BCUT2D eigenvalue weighted by Gasteiger charge is 2.23. The Bertz CT molecular complexity index is 1210. The van der Waals surface area contributed by atoms with Gasteiger partial charge in [-0.05, 0) is 42.5 Å². The third-order valence-corrected chi connectivity index (χ3v) is 4.76. The van der Waals surface area contributed by atoms with Crippen LogP contribution in [-0.2, 0) is 0 Å². The Morgan fingerprint density at radius 2 is 2.03 bits per heavy atom. The normalized spacial score (nSPS) is 16.1. The van der Waals surface area contributed by atoms with Crippen molar-refractivity contribution in [1.82, 2.24) is 9.97 Å². The van der Waals surface area contributed by atoms with Crippen LogP contribution in [0.25, 0.3) is 22.2 Å². The summed E-state index contributed by atoms with van der Waals surface area (Å²) in [5, 5.41) is 4.59. The van der Waals surface area contributed by atoms with E-state index in [-0.39, 0.29) is 6.17 Å². The Hall–Kier alpha value is -4.13. The van der Waals surface area contributed by atoms with Crippen LogP contribution in [0.2, 0.25) is 0 Å². The molecule has 2 aromatic carbocycles. The van der Waals surface area contributed by atoms with Gasteiger partial charge in [0.2, 0.25) is 5.96 Å². The number of pyridine rings is 1. The van der Waals surface area contributed by atoms with Crippen LogP contribution in [0.5, 0.6) is 0 Å². The summed E-state index contributed by atoms with van der Waals surface area (Å²) in [5.74, 6) is 1.10. The lowest BCUT2D eigenvalue weighted by Gasteiger charge is -2.33. The van der Waals surface area contributed by atoms with Crippen LogP contribution in [0.15, 0.2) is 95.1 Å². The lowest BCUT2D eigenvalue weighted by molar-refractivity contribution is 0.572. The molecule has 0 amide bonds. The lowest BCUT2D eigenvalue weighted by atomic mass is 10.1. The van der Waals surface area contributed by atoms with Gasteiger partial charge >= 0.3 is 0 Å². The van der Waals surface area contributed by atoms with Crippen molar-refractivity contribution in [3.63, 3.8) is 0 Å². The topological polar surface area (TPSA) is 92.6 Å². The SMILES string of the molecule is NC1=NC=CC(Nc2ccc3ncccc3c2)N1c1cccc(-c2cnco2)c1. The molecule has 4 aromatic rings.